The topological polar surface area (TPSA) is 51.8 Å². The average molecular weight is 414 g/mol. The Morgan fingerprint density at radius 1 is 1.17 bits per heavy atom. The molecule has 2 aromatic rings. The quantitative estimate of drug-likeness (QED) is 0.720. The lowest BCUT2D eigenvalue weighted by Gasteiger charge is -2.32. The van der Waals surface area contributed by atoms with E-state index in [1.165, 1.54) is 21.7 Å². The summed E-state index contributed by atoms with van der Waals surface area (Å²) in [5.41, 5.74) is 4.83. The zero-order valence-corrected chi connectivity index (χ0v) is 19.2. The summed E-state index contributed by atoms with van der Waals surface area (Å²) in [5.74, 6) is 1.73. The van der Waals surface area contributed by atoms with Crippen LogP contribution >= 0.6 is 0 Å². The molecule has 2 heterocycles. The van der Waals surface area contributed by atoms with Crippen LogP contribution < -0.4 is 9.64 Å². The van der Waals surface area contributed by atoms with Crippen molar-refractivity contribution in [3.63, 3.8) is 0 Å². The largest absolute Gasteiger partial charge is 0.497 e. The van der Waals surface area contributed by atoms with Crippen LogP contribution in [-0.2, 0) is 24.3 Å². The number of rotatable bonds is 8. The molecule has 30 heavy (non-hydrogen) atoms. The van der Waals surface area contributed by atoms with E-state index in [4.69, 9.17) is 4.74 Å². The Kier molecular flexibility index (Phi) is 7.53. The Morgan fingerprint density at radius 3 is 2.43 bits per heavy atom. The molecule has 1 aromatic heterocycles. The van der Waals surface area contributed by atoms with Gasteiger partial charge in [0.2, 0.25) is 5.91 Å². The van der Waals surface area contributed by atoms with Crippen LogP contribution in [0.3, 0.4) is 0 Å². The van der Waals surface area contributed by atoms with E-state index < -0.39 is 0 Å². The first-order valence-corrected chi connectivity index (χ1v) is 11.1. The van der Waals surface area contributed by atoms with E-state index in [0.717, 1.165) is 57.1 Å². The summed E-state index contributed by atoms with van der Waals surface area (Å²) in [6, 6.07) is 8.30. The Morgan fingerprint density at radius 2 is 1.83 bits per heavy atom. The van der Waals surface area contributed by atoms with E-state index in [1.807, 2.05) is 17.0 Å². The SMILES string of the molecule is COc1ccc(C[NH+]2CCN(C(=O)CCc3c(C)nn(CC(C)C)c3C)CC2)cc1. The smallest absolute Gasteiger partial charge is 0.223 e. The van der Waals surface area contributed by atoms with Gasteiger partial charge in [-0.2, -0.15) is 5.10 Å². The maximum Gasteiger partial charge on any atom is 0.223 e. The minimum Gasteiger partial charge on any atom is -0.497 e. The van der Waals surface area contributed by atoms with Crippen LogP contribution in [0.1, 0.15) is 42.8 Å². The molecule has 0 aliphatic carbocycles. The first kappa shape index (κ1) is 22.3. The van der Waals surface area contributed by atoms with Crippen LogP contribution in [-0.4, -0.2) is 53.9 Å². The van der Waals surface area contributed by atoms with Gasteiger partial charge in [0.1, 0.15) is 12.3 Å². The summed E-state index contributed by atoms with van der Waals surface area (Å²) in [4.78, 5) is 16.4. The predicted molar refractivity (Wildman–Crippen MR) is 119 cm³/mol. The highest BCUT2D eigenvalue weighted by molar-refractivity contribution is 5.76. The second kappa shape index (κ2) is 10.1. The minimum atomic E-state index is 0.272. The molecule has 6 nitrogen and oxygen atoms in total. The van der Waals surface area contributed by atoms with Crippen molar-refractivity contribution in [3.05, 3.63) is 46.8 Å². The molecule has 1 fully saturated rings. The van der Waals surface area contributed by atoms with Crippen molar-refractivity contribution in [2.75, 3.05) is 33.3 Å². The molecule has 0 unspecified atom stereocenters. The lowest BCUT2D eigenvalue weighted by molar-refractivity contribution is -0.917. The molecule has 1 aliphatic rings. The number of nitrogens with zero attached hydrogens (tertiary/aromatic N) is 3. The molecule has 0 atom stereocenters. The van der Waals surface area contributed by atoms with E-state index in [2.05, 4.69) is 49.6 Å². The number of aryl methyl sites for hydroxylation is 1. The van der Waals surface area contributed by atoms with Crippen molar-refractivity contribution < 1.29 is 14.4 Å². The first-order chi connectivity index (χ1) is 14.4. The molecule has 1 N–H and O–H groups in total. The third kappa shape index (κ3) is 5.63. The number of benzene rings is 1. The maximum absolute atomic E-state index is 12.8. The predicted octanol–water partition coefficient (Wildman–Crippen LogP) is 2.02. The lowest BCUT2D eigenvalue weighted by atomic mass is 10.1. The van der Waals surface area contributed by atoms with Crippen LogP contribution in [0.4, 0.5) is 0 Å². The number of methoxy groups -OCH3 is 1. The average Bonchev–Trinajstić information content (AvgIpc) is 2.99. The van der Waals surface area contributed by atoms with Crippen molar-refractivity contribution in [3.8, 4) is 5.75 Å². The zero-order valence-electron chi connectivity index (χ0n) is 19.2. The number of quaternary nitrogens is 1. The lowest BCUT2D eigenvalue weighted by Crippen LogP contribution is -3.13. The summed E-state index contributed by atoms with van der Waals surface area (Å²) in [6.45, 7) is 14.2. The number of piperazine rings is 1. The number of nitrogens with one attached hydrogen (secondary N) is 1. The van der Waals surface area contributed by atoms with Crippen LogP contribution in [0.15, 0.2) is 24.3 Å². The van der Waals surface area contributed by atoms with Gasteiger partial charge >= 0.3 is 0 Å². The third-order valence-electron chi connectivity index (χ3n) is 6.09. The van der Waals surface area contributed by atoms with Crippen molar-refractivity contribution in [1.82, 2.24) is 14.7 Å². The molecular formula is C24H37N4O2+. The van der Waals surface area contributed by atoms with E-state index in [1.54, 1.807) is 7.11 Å². The van der Waals surface area contributed by atoms with Crippen LogP contribution in [0.5, 0.6) is 5.75 Å². The van der Waals surface area contributed by atoms with Gasteiger partial charge in [-0.3, -0.25) is 9.48 Å². The highest BCUT2D eigenvalue weighted by Gasteiger charge is 2.24. The number of carbonyl (C=O) groups is 1. The summed E-state index contributed by atoms with van der Waals surface area (Å²) < 4.78 is 7.33. The second-order valence-corrected chi connectivity index (χ2v) is 8.88. The molecule has 0 saturated carbocycles. The number of amides is 1. The van der Waals surface area contributed by atoms with Crippen molar-refractivity contribution in [1.29, 1.82) is 0 Å². The first-order valence-electron chi connectivity index (χ1n) is 11.1. The van der Waals surface area contributed by atoms with Crippen molar-refractivity contribution in [2.45, 2.75) is 53.6 Å². The van der Waals surface area contributed by atoms with Gasteiger partial charge in [0, 0.05) is 24.2 Å². The zero-order chi connectivity index (χ0) is 21.7. The van der Waals surface area contributed by atoms with E-state index in [-0.39, 0.29) is 5.91 Å². The van der Waals surface area contributed by atoms with Crippen molar-refractivity contribution >= 4 is 5.91 Å². The molecular weight excluding hydrogens is 376 g/mol. The monoisotopic (exact) mass is 413 g/mol. The third-order valence-corrected chi connectivity index (χ3v) is 6.09. The standard InChI is InChI=1S/C24H36N4O2/c1-18(2)16-28-20(4)23(19(3)25-28)10-11-24(29)27-14-12-26(13-15-27)17-21-6-8-22(30-5)9-7-21/h6-9,18H,10-17H2,1-5H3/p+1. The highest BCUT2D eigenvalue weighted by Crippen LogP contribution is 2.17. The number of ether oxygens (including phenoxy) is 1. The maximum atomic E-state index is 12.8. The normalized spacial score (nSPS) is 15.1. The molecule has 0 spiro atoms. The van der Waals surface area contributed by atoms with Gasteiger partial charge < -0.3 is 14.5 Å². The van der Waals surface area contributed by atoms with E-state index >= 15 is 0 Å². The molecule has 1 amide bonds. The molecule has 6 heteroatoms. The molecule has 1 saturated heterocycles. The summed E-state index contributed by atoms with van der Waals surface area (Å²) >= 11 is 0. The van der Waals surface area contributed by atoms with Crippen LogP contribution in [0.2, 0.25) is 0 Å². The fourth-order valence-corrected chi connectivity index (χ4v) is 4.29. The molecule has 1 aromatic carbocycles. The van der Waals surface area contributed by atoms with Gasteiger partial charge in [0.25, 0.3) is 0 Å². The fourth-order valence-electron chi connectivity index (χ4n) is 4.29. The molecule has 0 bridgehead atoms. The molecule has 1 aliphatic heterocycles. The Hall–Kier alpha value is -2.34. The van der Waals surface area contributed by atoms with Crippen LogP contribution in [0.25, 0.3) is 0 Å². The fraction of sp³-hybridized carbons (Fsp3) is 0.583. The van der Waals surface area contributed by atoms with Gasteiger partial charge in [-0.15, -0.1) is 0 Å². The van der Waals surface area contributed by atoms with Gasteiger partial charge in [0.15, 0.2) is 0 Å². The summed E-state index contributed by atoms with van der Waals surface area (Å²) in [6.07, 6.45) is 1.36. The Balaban J connectivity index is 1.47. The second-order valence-electron chi connectivity index (χ2n) is 8.88. The van der Waals surface area contributed by atoms with Crippen molar-refractivity contribution in [2.24, 2.45) is 5.92 Å². The highest BCUT2D eigenvalue weighted by atomic mass is 16.5. The Bertz CT molecular complexity index is 834. The molecule has 0 radical (unpaired) electrons. The molecule has 164 valence electrons. The Labute approximate surface area is 180 Å². The van der Waals surface area contributed by atoms with Gasteiger partial charge in [-0.05, 0) is 56.0 Å². The van der Waals surface area contributed by atoms with Crippen LogP contribution in [0, 0.1) is 19.8 Å². The number of hydrogen-bond acceptors (Lipinski definition) is 3. The number of carbonyl (C=O) groups excluding carboxylic acids is 1. The van der Waals surface area contributed by atoms with Gasteiger partial charge in [-0.1, -0.05) is 13.8 Å². The number of hydrogen-bond donors (Lipinski definition) is 1. The number of aromatic nitrogens is 2. The van der Waals surface area contributed by atoms with E-state index in [0.29, 0.717) is 12.3 Å². The van der Waals surface area contributed by atoms with E-state index in [9.17, 15) is 4.79 Å². The molecule has 3 rings (SSSR count). The summed E-state index contributed by atoms with van der Waals surface area (Å²) in [7, 11) is 1.69. The minimum absolute atomic E-state index is 0.272. The van der Waals surface area contributed by atoms with Gasteiger partial charge in [-0.25, -0.2) is 0 Å². The van der Waals surface area contributed by atoms with Gasteiger partial charge in [0.05, 0.1) is 39.0 Å². The summed E-state index contributed by atoms with van der Waals surface area (Å²) in [5, 5.41) is 4.68.